The summed E-state index contributed by atoms with van der Waals surface area (Å²) in [5.74, 6) is 0.840. The maximum atomic E-state index is 5.60. The van der Waals surface area contributed by atoms with Gasteiger partial charge in [-0.1, -0.05) is 6.08 Å². The molecule has 0 saturated carbocycles. The Bertz CT molecular complexity index is 523. The highest BCUT2D eigenvalue weighted by Gasteiger charge is 2.07. The Balaban J connectivity index is 1.90. The van der Waals surface area contributed by atoms with Crippen LogP contribution >= 0.6 is 0 Å². The maximum Gasteiger partial charge on any atom is 0.224 e. The van der Waals surface area contributed by atoms with Gasteiger partial charge in [-0.25, -0.2) is 4.98 Å². The molecule has 2 aromatic heterocycles. The molecule has 7 heteroatoms. The van der Waals surface area contributed by atoms with Crippen LogP contribution in [0.3, 0.4) is 0 Å². The van der Waals surface area contributed by atoms with Crippen LogP contribution in [0, 0.1) is 0 Å². The molecule has 0 saturated heterocycles. The van der Waals surface area contributed by atoms with Crippen LogP contribution in [-0.4, -0.2) is 39.7 Å². The van der Waals surface area contributed by atoms with Gasteiger partial charge in [0.1, 0.15) is 5.52 Å². The molecule has 0 amide bonds. The molecular formula is C11H16N6O. The topological polar surface area (TPSA) is 102 Å². The van der Waals surface area contributed by atoms with Gasteiger partial charge in [-0.05, 0) is 6.42 Å². The summed E-state index contributed by atoms with van der Waals surface area (Å²) in [6, 6.07) is 0. The van der Waals surface area contributed by atoms with Crippen molar-refractivity contribution in [2.45, 2.75) is 6.42 Å². The van der Waals surface area contributed by atoms with Crippen LogP contribution in [0.25, 0.3) is 11.2 Å². The fraction of sp³-hybridized carbons (Fsp3) is 0.364. The summed E-state index contributed by atoms with van der Waals surface area (Å²) in [7, 11) is 0. The SMILES string of the molecule is C=CCCOCCNc1nc(N)nc2nc[nH]c12. The van der Waals surface area contributed by atoms with Gasteiger partial charge in [0, 0.05) is 6.54 Å². The number of hydrogen-bond acceptors (Lipinski definition) is 6. The van der Waals surface area contributed by atoms with Crippen LogP contribution in [0.4, 0.5) is 11.8 Å². The maximum absolute atomic E-state index is 5.60. The highest BCUT2D eigenvalue weighted by molar-refractivity contribution is 5.83. The molecule has 0 unspecified atom stereocenters. The monoisotopic (exact) mass is 248 g/mol. The van der Waals surface area contributed by atoms with Crippen molar-refractivity contribution in [3.05, 3.63) is 19.0 Å². The zero-order chi connectivity index (χ0) is 12.8. The van der Waals surface area contributed by atoms with Gasteiger partial charge in [-0.3, -0.25) is 0 Å². The van der Waals surface area contributed by atoms with E-state index in [1.807, 2.05) is 6.08 Å². The van der Waals surface area contributed by atoms with E-state index in [1.54, 1.807) is 6.33 Å². The highest BCUT2D eigenvalue weighted by atomic mass is 16.5. The normalized spacial score (nSPS) is 10.7. The lowest BCUT2D eigenvalue weighted by Gasteiger charge is -2.07. The summed E-state index contributed by atoms with van der Waals surface area (Å²) in [5.41, 5.74) is 6.89. The Morgan fingerprint density at radius 2 is 2.33 bits per heavy atom. The number of rotatable bonds is 7. The summed E-state index contributed by atoms with van der Waals surface area (Å²) in [5, 5.41) is 3.14. The van der Waals surface area contributed by atoms with E-state index in [4.69, 9.17) is 10.5 Å². The van der Waals surface area contributed by atoms with Gasteiger partial charge < -0.3 is 20.8 Å². The van der Waals surface area contributed by atoms with E-state index in [0.717, 1.165) is 11.9 Å². The van der Waals surface area contributed by atoms with Gasteiger partial charge >= 0.3 is 0 Å². The first-order valence-corrected chi connectivity index (χ1v) is 5.70. The summed E-state index contributed by atoms with van der Waals surface area (Å²) < 4.78 is 5.39. The average molecular weight is 248 g/mol. The lowest BCUT2D eigenvalue weighted by atomic mass is 10.4. The number of aromatic amines is 1. The van der Waals surface area contributed by atoms with E-state index in [9.17, 15) is 0 Å². The van der Waals surface area contributed by atoms with Crippen molar-refractivity contribution in [3.8, 4) is 0 Å². The summed E-state index contributed by atoms with van der Waals surface area (Å²) >= 11 is 0. The molecule has 0 aliphatic carbocycles. The Morgan fingerprint density at radius 3 is 3.17 bits per heavy atom. The van der Waals surface area contributed by atoms with Crippen molar-refractivity contribution in [2.24, 2.45) is 0 Å². The summed E-state index contributed by atoms with van der Waals surface area (Å²) in [4.78, 5) is 15.1. The van der Waals surface area contributed by atoms with E-state index in [1.165, 1.54) is 0 Å². The molecule has 4 N–H and O–H groups in total. The second-order valence-electron chi connectivity index (χ2n) is 3.65. The summed E-state index contributed by atoms with van der Waals surface area (Å²) in [6.07, 6.45) is 4.24. The smallest absolute Gasteiger partial charge is 0.224 e. The molecule has 0 aliphatic heterocycles. The molecule has 96 valence electrons. The molecule has 0 bridgehead atoms. The van der Waals surface area contributed by atoms with Gasteiger partial charge in [0.2, 0.25) is 5.95 Å². The second-order valence-corrected chi connectivity index (χ2v) is 3.65. The fourth-order valence-electron chi connectivity index (χ4n) is 1.49. The van der Waals surface area contributed by atoms with Gasteiger partial charge in [-0.2, -0.15) is 9.97 Å². The van der Waals surface area contributed by atoms with Gasteiger partial charge in [0.15, 0.2) is 11.5 Å². The number of nitrogens with two attached hydrogens (primary N) is 1. The first-order chi connectivity index (χ1) is 8.81. The average Bonchev–Trinajstić information content (AvgIpc) is 2.81. The van der Waals surface area contributed by atoms with E-state index in [-0.39, 0.29) is 5.95 Å². The Kier molecular flexibility index (Phi) is 4.08. The molecule has 2 heterocycles. The Morgan fingerprint density at radius 1 is 1.44 bits per heavy atom. The number of H-pyrrole nitrogens is 1. The van der Waals surface area contributed by atoms with E-state index >= 15 is 0 Å². The third-order valence-corrected chi connectivity index (χ3v) is 2.31. The minimum atomic E-state index is 0.199. The zero-order valence-electron chi connectivity index (χ0n) is 10.0. The lowest BCUT2D eigenvalue weighted by Crippen LogP contribution is -2.12. The zero-order valence-corrected chi connectivity index (χ0v) is 10.0. The highest BCUT2D eigenvalue weighted by Crippen LogP contribution is 2.16. The molecule has 18 heavy (non-hydrogen) atoms. The van der Waals surface area contributed by atoms with Crippen LogP contribution in [0.5, 0.6) is 0 Å². The first-order valence-electron chi connectivity index (χ1n) is 5.70. The molecule has 0 aromatic carbocycles. The van der Waals surface area contributed by atoms with Gasteiger partial charge in [0.05, 0.1) is 19.5 Å². The molecule has 0 spiro atoms. The molecule has 0 atom stereocenters. The Labute approximate surface area is 104 Å². The minimum absolute atomic E-state index is 0.199. The van der Waals surface area contributed by atoms with Crippen LogP contribution in [0.15, 0.2) is 19.0 Å². The van der Waals surface area contributed by atoms with Crippen molar-refractivity contribution in [1.29, 1.82) is 0 Å². The number of imidazole rings is 1. The standard InChI is InChI=1S/C11H16N6O/c1-2-3-5-18-6-4-13-9-8-10(15-7-14-8)17-11(12)16-9/h2,7H,1,3-6H2,(H4,12,13,14,15,16,17). The van der Waals surface area contributed by atoms with Crippen LogP contribution in [-0.2, 0) is 4.74 Å². The molecule has 2 rings (SSSR count). The van der Waals surface area contributed by atoms with E-state index in [0.29, 0.717) is 31.2 Å². The molecule has 0 radical (unpaired) electrons. The minimum Gasteiger partial charge on any atom is -0.379 e. The number of nitrogen functional groups attached to an aromatic ring is 1. The van der Waals surface area contributed by atoms with Gasteiger partial charge in [0.25, 0.3) is 0 Å². The third-order valence-electron chi connectivity index (χ3n) is 2.31. The number of aromatic nitrogens is 4. The van der Waals surface area contributed by atoms with E-state index in [2.05, 4.69) is 31.8 Å². The first kappa shape index (κ1) is 12.3. The van der Waals surface area contributed by atoms with E-state index < -0.39 is 0 Å². The molecule has 2 aromatic rings. The number of fused-ring (bicyclic) bond motifs is 1. The predicted molar refractivity (Wildman–Crippen MR) is 70.2 cm³/mol. The predicted octanol–water partition coefficient (Wildman–Crippen LogP) is 0.940. The molecule has 0 aliphatic rings. The van der Waals surface area contributed by atoms with Gasteiger partial charge in [-0.15, -0.1) is 6.58 Å². The lowest BCUT2D eigenvalue weighted by molar-refractivity contribution is 0.149. The second kappa shape index (κ2) is 5.97. The van der Waals surface area contributed by atoms with Crippen molar-refractivity contribution in [2.75, 3.05) is 30.8 Å². The summed E-state index contributed by atoms with van der Waals surface area (Å²) in [6.45, 7) is 5.53. The largest absolute Gasteiger partial charge is 0.379 e. The quantitative estimate of drug-likeness (QED) is 0.498. The third kappa shape index (κ3) is 2.95. The number of hydrogen-bond donors (Lipinski definition) is 3. The molecule has 7 nitrogen and oxygen atoms in total. The molecule has 0 fully saturated rings. The number of nitrogens with zero attached hydrogens (tertiary/aromatic N) is 3. The van der Waals surface area contributed by atoms with Crippen LogP contribution in [0.2, 0.25) is 0 Å². The number of nitrogens with one attached hydrogen (secondary N) is 2. The van der Waals surface area contributed by atoms with Crippen LogP contribution < -0.4 is 11.1 Å². The van der Waals surface area contributed by atoms with Crippen molar-refractivity contribution in [3.63, 3.8) is 0 Å². The van der Waals surface area contributed by atoms with Crippen molar-refractivity contribution >= 4 is 22.9 Å². The number of anilines is 2. The molecular weight excluding hydrogens is 232 g/mol. The van der Waals surface area contributed by atoms with Crippen LogP contribution in [0.1, 0.15) is 6.42 Å². The van der Waals surface area contributed by atoms with Crippen molar-refractivity contribution in [1.82, 2.24) is 19.9 Å². The fourth-order valence-corrected chi connectivity index (χ4v) is 1.49. The number of ether oxygens (including phenoxy) is 1. The Hall–Kier alpha value is -2.15. The van der Waals surface area contributed by atoms with Crippen molar-refractivity contribution < 1.29 is 4.74 Å².